The maximum Gasteiger partial charge on any atom is 0.233 e. The number of carbonyl (C=O) groups is 1. The van der Waals surface area contributed by atoms with Gasteiger partial charge in [-0.25, -0.2) is 4.98 Å². The van der Waals surface area contributed by atoms with Gasteiger partial charge in [-0.3, -0.25) is 9.69 Å². The first-order valence-electron chi connectivity index (χ1n) is 9.86. The molecule has 0 spiro atoms. The summed E-state index contributed by atoms with van der Waals surface area (Å²) in [7, 11) is 7.25. The van der Waals surface area contributed by atoms with Gasteiger partial charge in [-0.2, -0.15) is 0 Å². The van der Waals surface area contributed by atoms with Crippen LogP contribution in [0, 0.1) is 13.8 Å². The number of hydrogen-bond acceptors (Lipinski definition) is 6. The molecule has 0 N–H and O–H groups in total. The summed E-state index contributed by atoms with van der Waals surface area (Å²) in [5.74, 6) is 1.42. The van der Waals surface area contributed by atoms with Gasteiger partial charge in [-0.05, 0) is 51.2 Å². The van der Waals surface area contributed by atoms with E-state index in [1.165, 1.54) is 16.9 Å². The van der Waals surface area contributed by atoms with E-state index >= 15 is 0 Å². The smallest absolute Gasteiger partial charge is 0.233 e. The van der Waals surface area contributed by atoms with Crippen LogP contribution in [0.5, 0.6) is 11.5 Å². The van der Waals surface area contributed by atoms with E-state index in [1.54, 1.807) is 19.1 Å². The molecule has 1 amide bonds. The number of anilines is 1. The summed E-state index contributed by atoms with van der Waals surface area (Å²) in [5.41, 5.74) is 4.07. The van der Waals surface area contributed by atoms with Crippen molar-refractivity contribution in [3.63, 3.8) is 0 Å². The van der Waals surface area contributed by atoms with Gasteiger partial charge in [0, 0.05) is 13.1 Å². The van der Waals surface area contributed by atoms with Crippen molar-refractivity contribution in [3.8, 4) is 11.5 Å². The number of carbonyl (C=O) groups excluding carboxylic acids is 1. The van der Waals surface area contributed by atoms with Gasteiger partial charge in [0.1, 0.15) is 21.7 Å². The number of thiazole rings is 1. The van der Waals surface area contributed by atoms with E-state index in [0.717, 1.165) is 28.1 Å². The molecule has 0 bridgehead atoms. The summed E-state index contributed by atoms with van der Waals surface area (Å²) in [5, 5.41) is 0.657. The predicted molar refractivity (Wildman–Crippen MR) is 123 cm³/mol. The summed E-state index contributed by atoms with van der Waals surface area (Å²) in [6.07, 6.45) is 0.337. The minimum Gasteiger partial charge on any atom is -0.495 e. The van der Waals surface area contributed by atoms with Crippen molar-refractivity contribution >= 4 is 32.6 Å². The highest BCUT2D eigenvalue weighted by atomic mass is 32.1. The number of nitrogens with zero attached hydrogens (tertiary/aromatic N) is 3. The molecule has 1 aromatic heterocycles. The molecule has 0 aliphatic rings. The van der Waals surface area contributed by atoms with E-state index in [-0.39, 0.29) is 5.91 Å². The highest BCUT2D eigenvalue weighted by molar-refractivity contribution is 7.22. The summed E-state index contributed by atoms with van der Waals surface area (Å²) >= 11 is 1.45. The van der Waals surface area contributed by atoms with Crippen molar-refractivity contribution in [3.05, 3.63) is 47.0 Å². The van der Waals surface area contributed by atoms with Crippen LogP contribution in [0.15, 0.2) is 30.3 Å². The number of likely N-dealkylation sites (N-methyl/N-ethyl adjacent to an activating group) is 1. The monoisotopic (exact) mass is 427 g/mol. The first-order chi connectivity index (χ1) is 14.3. The minimum atomic E-state index is 0.0285. The van der Waals surface area contributed by atoms with Gasteiger partial charge in [0.2, 0.25) is 5.91 Å². The molecule has 0 atom stereocenters. The molecule has 0 aliphatic carbocycles. The molecule has 0 saturated heterocycles. The van der Waals surface area contributed by atoms with Crippen LogP contribution in [0.4, 0.5) is 5.13 Å². The lowest BCUT2D eigenvalue weighted by Crippen LogP contribution is -2.37. The SMILES string of the molecule is COc1ccc(OC)c2sc(N(CCN(C)C)C(=O)Cc3ccc(C)cc3C)nc12. The standard InChI is InChI=1S/C23H29N3O3S/c1-15-7-8-17(16(2)13-15)14-20(27)26(12-11-25(3)4)23-24-21-18(28-5)9-10-19(29-6)22(21)30-23/h7-10,13H,11-12,14H2,1-6H3. The fraction of sp³-hybridized carbons (Fsp3) is 0.391. The number of methoxy groups -OCH3 is 2. The van der Waals surface area contributed by atoms with E-state index in [0.29, 0.717) is 29.4 Å². The van der Waals surface area contributed by atoms with E-state index in [9.17, 15) is 4.79 Å². The van der Waals surface area contributed by atoms with Crippen LogP contribution >= 0.6 is 11.3 Å². The van der Waals surface area contributed by atoms with Gasteiger partial charge >= 0.3 is 0 Å². The zero-order valence-corrected chi connectivity index (χ0v) is 19.3. The average Bonchev–Trinajstić information content (AvgIpc) is 3.14. The highest BCUT2D eigenvalue weighted by Crippen LogP contribution is 2.40. The highest BCUT2D eigenvalue weighted by Gasteiger charge is 2.23. The Labute approximate surface area is 182 Å². The number of hydrogen-bond donors (Lipinski definition) is 0. The zero-order valence-electron chi connectivity index (χ0n) is 18.5. The summed E-state index contributed by atoms with van der Waals surface area (Å²) in [6, 6.07) is 9.90. The number of aryl methyl sites for hydroxylation is 2. The first-order valence-corrected chi connectivity index (χ1v) is 10.7. The third-order valence-electron chi connectivity index (χ3n) is 5.04. The number of amides is 1. The zero-order chi connectivity index (χ0) is 21.8. The molecule has 1 heterocycles. The molecule has 0 unspecified atom stereocenters. The molecule has 0 fully saturated rings. The predicted octanol–water partition coefficient (Wildman–Crippen LogP) is 4.07. The van der Waals surface area contributed by atoms with Crippen LogP contribution in [0.3, 0.4) is 0 Å². The molecule has 160 valence electrons. The van der Waals surface area contributed by atoms with Gasteiger partial charge in [0.15, 0.2) is 5.13 Å². The quantitative estimate of drug-likeness (QED) is 0.542. The lowest BCUT2D eigenvalue weighted by Gasteiger charge is -2.22. The van der Waals surface area contributed by atoms with Gasteiger partial charge < -0.3 is 14.4 Å². The minimum absolute atomic E-state index is 0.0285. The molecule has 0 aliphatic heterocycles. The third-order valence-corrected chi connectivity index (χ3v) is 6.13. The second-order valence-corrected chi connectivity index (χ2v) is 8.58. The lowest BCUT2D eigenvalue weighted by molar-refractivity contribution is -0.118. The largest absolute Gasteiger partial charge is 0.495 e. The second-order valence-electron chi connectivity index (χ2n) is 7.60. The Bertz CT molecular complexity index is 1000. The molecule has 0 radical (unpaired) electrons. The number of aromatic nitrogens is 1. The van der Waals surface area contributed by atoms with Crippen LogP contribution in [0.2, 0.25) is 0 Å². The van der Waals surface area contributed by atoms with Crippen LogP contribution in [-0.4, -0.2) is 57.2 Å². The number of benzene rings is 2. The number of ether oxygens (including phenoxy) is 2. The van der Waals surface area contributed by atoms with Crippen molar-refractivity contribution in [2.45, 2.75) is 20.3 Å². The van der Waals surface area contributed by atoms with Gasteiger partial charge in [-0.1, -0.05) is 35.1 Å². The van der Waals surface area contributed by atoms with Crippen molar-refractivity contribution in [1.82, 2.24) is 9.88 Å². The van der Waals surface area contributed by atoms with Crippen LogP contribution < -0.4 is 14.4 Å². The second kappa shape index (κ2) is 9.45. The molecule has 2 aromatic carbocycles. The maximum absolute atomic E-state index is 13.4. The molecule has 6 nitrogen and oxygen atoms in total. The Balaban J connectivity index is 1.99. The van der Waals surface area contributed by atoms with Crippen LogP contribution in [0.1, 0.15) is 16.7 Å². The van der Waals surface area contributed by atoms with Crippen LogP contribution in [0.25, 0.3) is 10.2 Å². The number of fused-ring (bicyclic) bond motifs is 1. The van der Waals surface area contributed by atoms with E-state index in [1.807, 2.05) is 45.3 Å². The van der Waals surface area contributed by atoms with Crippen molar-refractivity contribution in [2.24, 2.45) is 0 Å². The first kappa shape index (κ1) is 22.1. The van der Waals surface area contributed by atoms with Crippen molar-refractivity contribution in [2.75, 3.05) is 46.3 Å². The van der Waals surface area contributed by atoms with Gasteiger partial charge in [0.25, 0.3) is 0 Å². The Morgan fingerprint density at radius 1 is 1.03 bits per heavy atom. The summed E-state index contributed by atoms with van der Waals surface area (Å²) in [4.78, 5) is 22.0. The van der Waals surface area contributed by atoms with Crippen LogP contribution in [-0.2, 0) is 11.2 Å². The summed E-state index contributed by atoms with van der Waals surface area (Å²) in [6.45, 7) is 5.40. The summed E-state index contributed by atoms with van der Waals surface area (Å²) < 4.78 is 11.9. The fourth-order valence-corrected chi connectivity index (χ4v) is 4.44. The molecule has 7 heteroatoms. The van der Waals surface area contributed by atoms with Gasteiger partial charge in [-0.15, -0.1) is 0 Å². The van der Waals surface area contributed by atoms with Gasteiger partial charge in [0.05, 0.1) is 20.6 Å². The third kappa shape index (κ3) is 4.74. The average molecular weight is 428 g/mol. The molecular formula is C23H29N3O3S. The van der Waals surface area contributed by atoms with E-state index in [2.05, 4.69) is 17.9 Å². The van der Waals surface area contributed by atoms with Crippen molar-refractivity contribution < 1.29 is 14.3 Å². The lowest BCUT2D eigenvalue weighted by atomic mass is 10.0. The molecule has 0 saturated carbocycles. The maximum atomic E-state index is 13.4. The Morgan fingerprint density at radius 2 is 1.73 bits per heavy atom. The van der Waals surface area contributed by atoms with E-state index in [4.69, 9.17) is 14.5 Å². The molecule has 3 rings (SSSR count). The topological polar surface area (TPSA) is 54.9 Å². The fourth-order valence-electron chi connectivity index (χ4n) is 3.32. The molecular weight excluding hydrogens is 398 g/mol. The Morgan fingerprint density at radius 3 is 2.37 bits per heavy atom. The Kier molecular flexibility index (Phi) is 6.95. The van der Waals surface area contributed by atoms with E-state index < -0.39 is 0 Å². The molecule has 3 aromatic rings. The molecule has 30 heavy (non-hydrogen) atoms. The number of rotatable bonds is 8. The Hall–Kier alpha value is -2.64. The normalized spacial score (nSPS) is 11.2. The van der Waals surface area contributed by atoms with Crippen molar-refractivity contribution in [1.29, 1.82) is 0 Å².